The number of piperidine rings is 1. The van der Waals surface area contributed by atoms with E-state index in [4.69, 9.17) is 23.2 Å². The number of nitrogens with one attached hydrogen (secondary N) is 1. The van der Waals surface area contributed by atoms with Gasteiger partial charge in [-0.05, 0) is 74.4 Å². The molecule has 3 heterocycles. The van der Waals surface area contributed by atoms with Crippen molar-refractivity contribution in [3.05, 3.63) is 64.1 Å². The molecule has 0 saturated carbocycles. The second kappa shape index (κ2) is 13.8. The van der Waals surface area contributed by atoms with E-state index in [-0.39, 0.29) is 17.2 Å². The molecule has 5 rings (SSSR count). The first-order valence-electron chi connectivity index (χ1n) is 15.3. The first-order chi connectivity index (χ1) is 19.7. The largest absolute Gasteiger partial charge is 0.342 e. The van der Waals surface area contributed by atoms with Crippen LogP contribution in [-0.4, -0.2) is 66.5 Å². The molecular formula is C33H46Cl2N4O2. The molecule has 3 saturated heterocycles. The van der Waals surface area contributed by atoms with Crippen LogP contribution in [0.1, 0.15) is 71.8 Å². The van der Waals surface area contributed by atoms with Gasteiger partial charge in [0.25, 0.3) is 0 Å². The Morgan fingerprint density at radius 3 is 2.34 bits per heavy atom. The molecule has 0 aromatic heterocycles. The highest BCUT2D eigenvalue weighted by Gasteiger charge is 2.50. The van der Waals surface area contributed by atoms with E-state index in [1.54, 1.807) is 0 Å². The zero-order chi connectivity index (χ0) is 29.6. The molecule has 8 heteroatoms. The number of hydrogen-bond acceptors (Lipinski definition) is 4. The van der Waals surface area contributed by atoms with Crippen LogP contribution in [0.4, 0.5) is 5.69 Å². The molecule has 3 fully saturated rings. The molecule has 0 bridgehead atoms. The maximum absolute atomic E-state index is 13.0. The van der Waals surface area contributed by atoms with E-state index in [1.807, 2.05) is 49.1 Å². The SMILES string of the molecule is CC.CC(C)CC(=O)N1CCC(CCCN2CCC3(CC2)C(=O)NCN3c2ccccc2)(c2ccc(Cl)c(Cl)c2)C1. The Morgan fingerprint density at radius 1 is 0.976 bits per heavy atom. The van der Waals surface area contributed by atoms with E-state index in [1.165, 1.54) is 5.56 Å². The molecule has 224 valence electrons. The summed E-state index contributed by atoms with van der Waals surface area (Å²) in [7, 11) is 0. The van der Waals surface area contributed by atoms with Crippen LogP contribution in [0, 0.1) is 5.92 Å². The lowest BCUT2D eigenvalue weighted by molar-refractivity contribution is -0.131. The number of rotatable bonds is 8. The third-order valence-electron chi connectivity index (χ3n) is 9.04. The fourth-order valence-corrected chi connectivity index (χ4v) is 7.09. The molecule has 0 aliphatic carbocycles. The third-order valence-corrected chi connectivity index (χ3v) is 9.78. The summed E-state index contributed by atoms with van der Waals surface area (Å²) in [5.41, 5.74) is 1.70. The highest BCUT2D eigenvalue weighted by atomic mass is 35.5. The lowest BCUT2D eigenvalue weighted by Crippen LogP contribution is -2.56. The summed E-state index contributed by atoms with van der Waals surface area (Å²) in [6, 6.07) is 16.2. The predicted octanol–water partition coefficient (Wildman–Crippen LogP) is 6.74. The Kier molecular flexibility index (Phi) is 10.6. The van der Waals surface area contributed by atoms with E-state index >= 15 is 0 Å². The topological polar surface area (TPSA) is 55.9 Å². The van der Waals surface area contributed by atoms with Crippen molar-refractivity contribution in [2.45, 2.75) is 77.2 Å². The summed E-state index contributed by atoms with van der Waals surface area (Å²) in [4.78, 5) is 32.7. The van der Waals surface area contributed by atoms with Crippen molar-refractivity contribution in [1.29, 1.82) is 0 Å². The highest BCUT2D eigenvalue weighted by molar-refractivity contribution is 6.42. The van der Waals surface area contributed by atoms with Gasteiger partial charge in [0.15, 0.2) is 0 Å². The minimum Gasteiger partial charge on any atom is -0.342 e. The Bertz CT molecular complexity index is 1180. The summed E-state index contributed by atoms with van der Waals surface area (Å²) in [6.07, 6.45) is 5.17. The van der Waals surface area contributed by atoms with Gasteiger partial charge in [0.2, 0.25) is 11.8 Å². The quantitative estimate of drug-likeness (QED) is 0.364. The molecule has 2 amide bonds. The summed E-state index contributed by atoms with van der Waals surface area (Å²) in [6.45, 7) is 13.0. The van der Waals surface area contributed by atoms with Crippen LogP contribution in [0.3, 0.4) is 0 Å². The van der Waals surface area contributed by atoms with Crippen molar-refractivity contribution >= 4 is 40.7 Å². The molecule has 1 atom stereocenters. The van der Waals surface area contributed by atoms with Crippen molar-refractivity contribution < 1.29 is 9.59 Å². The summed E-state index contributed by atoms with van der Waals surface area (Å²) in [5, 5.41) is 4.22. The number of carbonyl (C=O) groups is 2. The van der Waals surface area contributed by atoms with Crippen LogP contribution in [0.2, 0.25) is 10.0 Å². The van der Waals surface area contributed by atoms with E-state index < -0.39 is 5.54 Å². The number of carbonyl (C=O) groups excluding carboxylic acids is 2. The van der Waals surface area contributed by atoms with E-state index in [0.29, 0.717) is 29.1 Å². The number of nitrogens with zero attached hydrogens (tertiary/aromatic N) is 3. The molecule has 6 nitrogen and oxygen atoms in total. The average molecular weight is 602 g/mol. The third kappa shape index (κ3) is 6.87. The van der Waals surface area contributed by atoms with Gasteiger partial charge in [-0.15, -0.1) is 0 Å². The Hall–Kier alpha value is -2.28. The molecule has 3 aliphatic rings. The van der Waals surface area contributed by atoms with Crippen LogP contribution >= 0.6 is 23.2 Å². The monoisotopic (exact) mass is 600 g/mol. The fourth-order valence-electron chi connectivity index (χ4n) is 6.79. The predicted molar refractivity (Wildman–Crippen MR) is 170 cm³/mol. The minimum atomic E-state index is -0.456. The lowest BCUT2D eigenvalue weighted by atomic mass is 9.76. The summed E-state index contributed by atoms with van der Waals surface area (Å²) < 4.78 is 0. The Morgan fingerprint density at radius 2 is 1.68 bits per heavy atom. The molecule has 0 radical (unpaired) electrons. The maximum atomic E-state index is 13.0. The Labute approximate surface area is 256 Å². The van der Waals surface area contributed by atoms with Gasteiger partial charge in [-0.1, -0.05) is 75.2 Å². The van der Waals surface area contributed by atoms with Gasteiger partial charge in [-0.2, -0.15) is 0 Å². The van der Waals surface area contributed by atoms with Crippen molar-refractivity contribution in [1.82, 2.24) is 15.1 Å². The first kappa shape index (κ1) is 31.7. The maximum Gasteiger partial charge on any atom is 0.247 e. The van der Waals surface area contributed by atoms with Gasteiger partial charge in [0, 0.05) is 43.7 Å². The van der Waals surface area contributed by atoms with Crippen LogP contribution in [-0.2, 0) is 15.0 Å². The smallest absolute Gasteiger partial charge is 0.247 e. The van der Waals surface area contributed by atoms with E-state index in [9.17, 15) is 9.59 Å². The molecule has 2 aromatic carbocycles. The van der Waals surface area contributed by atoms with Gasteiger partial charge < -0.3 is 20.0 Å². The van der Waals surface area contributed by atoms with Gasteiger partial charge in [-0.3, -0.25) is 9.59 Å². The van der Waals surface area contributed by atoms with Gasteiger partial charge in [0.1, 0.15) is 5.54 Å². The Balaban J connectivity index is 0.00000189. The lowest BCUT2D eigenvalue weighted by Gasteiger charge is -2.43. The van der Waals surface area contributed by atoms with Crippen LogP contribution in [0.5, 0.6) is 0 Å². The molecule has 2 aromatic rings. The standard InChI is InChI=1S/C31H40Cl2N4O2.C2H6/c1-23(2)19-28(38)36-18-12-30(21-36,24-9-10-26(32)27(33)20-24)11-6-15-35-16-13-31(14-17-35)29(39)34-22-37(31)25-7-4-3-5-8-25;1-2/h3-5,7-10,20,23H,6,11-19,21-22H2,1-2H3,(H,34,39);1-2H3. The normalized spacial score (nSPS) is 22.2. The van der Waals surface area contributed by atoms with Crippen molar-refractivity contribution in [3.63, 3.8) is 0 Å². The van der Waals surface area contributed by atoms with Crippen LogP contribution in [0.25, 0.3) is 0 Å². The molecule has 1 N–H and O–H groups in total. The number of anilines is 1. The number of likely N-dealkylation sites (tertiary alicyclic amines) is 2. The number of hydrogen-bond donors (Lipinski definition) is 1. The second-order valence-electron chi connectivity index (χ2n) is 12.0. The molecule has 41 heavy (non-hydrogen) atoms. The van der Waals surface area contributed by atoms with Crippen molar-refractivity contribution in [3.8, 4) is 0 Å². The number of amides is 2. The van der Waals surface area contributed by atoms with E-state index in [0.717, 1.165) is 70.5 Å². The second-order valence-corrected chi connectivity index (χ2v) is 12.8. The van der Waals surface area contributed by atoms with Crippen LogP contribution < -0.4 is 10.2 Å². The van der Waals surface area contributed by atoms with Gasteiger partial charge in [0.05, 0.1) is 16.7 Å². The zero-order valence-corrected chi connectivity index (χ0v) is 26.6. The highest BCUT2D eigenvalue weighted by Crippen LogP contribution is 2.42. The first-order valence-corrected chi connectivity index (χ1v) is 16.0. The van der Waals surface area contributed by atoms with Crippen LogP contribution in [0.15, 0.2) is 48.5 Å². The molecule has 1 unspecified atom stereocenters. The average Bonchev–Trinajstić information content (AvgIpc) is 3.55. The van der Waals surface area contributed by atoms with Gasteiger partial charge >= 0.3 is 0 Å². The number of halogens is 2. The molecule has 3 aliphatic heterocycles. The van der Waals surface area contributed by atoms with Gasteiger partial charge in [-0.25, -0.2) is 0 Å². The minimum absolute atomic E-state index is 0.118. The van der Waals surface area contributed by atoms with E-state index in [2.05, 4.69) is 47.2 Å². The fraction of sp³-hybridized carbons (Fsp3) is 0.576. The summed E-state index contributed by atoms with van der Waals surface area (Å²) >= 11 is 12.7. The molecular weight excluding hydrogens is 555 g/mol. The summed E-state index contributed by atoms with van der Waals surface area (Å²) in [5.74, 6) is 0.743. The zero-order valence-electron chi connectivity index (χ0n) is 25.1. The van der Waals surface area contributed by atoms with Crippen molar-refractivity contribution in [2.24, 2.45) is 5.92 Å². The van der Waals surface area contributed by atoms with Crippen molar-refractivity contribution in [2.75, 3.05) is 44.3 Å². The number of benzene rings is 2. The molecule has 1 spiro atoms. The number of para-hydroxylation sites is 1.